The van der Waals surface area contributed by atoms with Gasteiger partial charge in [0.25, 0.3) is 0 Å². The molecule has 0 radical (unpaired) electrons. The Morgan fingerprint density at radius 3 is 2.69 bits per heavy atom. The topological polar surface area (TPSA) is 78.3 Å². The van der Waals surface area contributed by atoms with E-state index in [1.54, 1.807) is 7.11 Å². The summed E-state index contributed by atoms with van der Waals surface area (Å²) in [7, 11) is 1.65. The van der Waals surface area contributed by atoms with Crippen LogP contribution in [0.3, 0.4) is 0 Å². The highest BCUT2D eigenvalue weighted by Crippen LogP contribution is 2.28. The molecule has 1 amide bonds. The molecular weight excluding hydrogens is 424 g/mol. The van der Waals surface area contributed by atoms with Gasteiger partial charge in [-0.1, -0.05) is 17.8 Å². The molecule has 1 atom stereocenters. The first-order chi connectivity index (χ1) is 15.5. The monoisotopic (exact) mass is 452 g/mol. The van der Waals surface area contributed by atoms with E-state index in [1.807, 2.05) is 49.4 Å². The molecule has 0 aliphatic carbocycles. The highest BCUT2D eigenvalue weighted by molar-refractivity contribution is 7.99. The van der Waals surface area contributed by atoms with Crippen molar-refractivity contribution in [3.8, 4) is 17.1 Å². The van der Waals surface area contributed by atoms with Gasteiger partial charge in [0.15, 0.2) is 11.0 Å². The molecule has 1 unspecified atom stereocenters. The minimum Gasteiger partial charge on any atom is -0.497 e. The van der Waals surface area contributed by atoms with E-state index in [4.69, 9.17) is 9.47 Å². The molecule has 168 valence electrons. The number of rotatable bonds is 8. The van der Waals surface area contributed by atoms with Crippen LogP contribution in [0.25, 0.3) is 11.4 Å². The van der Waals surface area contributed by atoms with E-state index < -0.39 is 0 Å². The first-order valence-electron chi connectivity index (χ1n) is 10.7. The predicted molar refractivity (Wildman–Crippen MR) is 126 cm³/mol. The fraction of sp³-hybridized carbons (Fsp3) is 0.375. The van der Waals surface area contributed by atoms with Gasteiger partial charge < -0.3 is 14.8 Å². The molecule has 1 fully saturated rings. The molecule has 2 heterocycles. The van der Waals surface area contributed by atoms with E-state index in [0.717, 1.165) is 47.8 Å². The third-order valence-corrected chi connectivity index (χ3v) is 6.57. The normalized spacial score (nSPS) is 15.7. The van der Waals surface area contributed by atoms with Gasteiger partial charge in [-0.2, -0.15) is 0 Å². The molecule has 1 saturated heterocycles. The van der Waals surface area contributed by atoms with E-state index in [2.05, 4.69) is 27.0 Å². The summed E-state index contributed by atoms with van der Waals surface area (Å²) in [5, 5.41) is 12.5. The first-order valence-corrected chi connectivity index (χ1v) is 11.7. The molecule has 1 aliphatic heterocycles. The second kappa shape index (κ2) is 10.2. The SMILES string of the molecule is COc1ccc(-c2nnc(SCC(=O)Nc3ccc(C)c(C)c3)n2CC2CCCO2)cc1. The number of ether oxygens (including phenoxy) is 2. The lowest BCUT2D eigenvalue weighted by molar-refractivity contribution is -0.113. The van der Waals surface area contributed by atoms with Crippen LogP contribution in [0.5, 0.6) is 5.75 Å². The van der Waals surface area contributed by atoms with Crippen LogP contribution < -0.4 is 10.1 Å². The van der Waals surface area contributed by atoms with Gasteiger partial charge in [-0.3, -0.25) is 9.36 Å². The van der Waals surface area contributed by atoms with Crippen LogP contribution >= 0.6 is 11.8 Å². The molecule has 0 spiro atoms. The Morgan fingerprint density at radius 1 is 1.19 bits per heavy atom. The lowest BCUT2D eigenvalue weighted by atomic mass is 10.1. The van der Waals surface area contributed by atoms with Gasteiger partial charge in [0.1, 0.15) is 5.75 Å². The van der Waals surface area contributed by atoms with Crippen LogP contribution in [-0.4, -0.2) is 46.2 Å². The molecule has 32 heavy (non-hydrogen) atoms. The molecule has 1 N–H and O–H groups in total. The van der Waals surface area contributed by atoms with Gasteiger partial charge in [0.2, 0.25) is 5.91 Å². The molecule has 0 saturated carbocycles. The number of hydrogen-bond donors (Lipinski definition) is 1. The minimum absolute atomic E-state index is 0.0732. The van der Waals surface area contributed by atoms with Crippen molar-refractivity contribution in [2.75, 3.05) is 24.8 Å². The van der Waals surface area contributed by atoms with Crippen LogP contribution in [0.4, 0.5) is 5.69 Å². The maximum Gasteiger partial charge on any atom is 0.234 e. The van der Waals surface area contributed by atoms with Crippen molar-refractivity contribution >= 4 is 23.4 Å². The summed E-state index contributed by atoms with van der Waals surface area (Å²) >= 11 is 1.39. The van der Waals surface area contributed by atoms with Crippen LogP contribution in [-0.2, 0) is 16.1 Å². The van der Waals surface area contributed by atoms with E-state index in [9.17, 15) is 4.79 Å². The van der Waals surface area contributed by atoms with Crippen molar-refractivity contribution in [3.05, 3.63) is 53.6 Å². The third kappa shape index (κ3) is 5.31. The molecule has 3 aromatic rings. The highest BCUT2D eigenvalue weighted by atomic mass is 32.2. The van der Waals surface area contributed by atoms with Crippen LogP contribution in [0.1, 0.15) is 24.0 Å². The molecule has 1 aliphatic rings. The molecule has 8 heteroatoms. The lowest BCUT2D eigenvalue weighted by Crippen LogP contribution is -2.18. The highest BCUT2D eigenvalue weighted by Gasteiger charge is 2.22. The smallest absolute Gasteiger partial charge is 0.234 e. The molecule has 2 aromatic carbocycles. The Bertz CT molecular complexity index is 1080. The number of benzene rings is 2. The number of anilines is 1. The van der Waals surface area contributed by atoms with E-state index in [-0.39, 0.29) is 17.8 Å². The maximum absolute atomic E-state index is 12.6. The maximum atomic E-state index is 12.6. The third-order valence-electron chi connectivity index (χ3n) is 5.60. The van der Waals surface area contributed by atoms with Crippen LogP contribution in [0.2, 0.25) is 0 Å². The number of nitrogens with zero attached hydrogens (tertiary/aromatic N) is 3. The van der Waals surface area contributed by atoms with Gasteiger partial charge in [-0.05, 0) is 74.2 Å². The Morgan fingerprint density at radius 2 is 2.00 bits per heavy atom. The summed E-state index contributed by atoms with van der Waals surface area (Å²) in [5.41, 5.74) is 4.10. The standard InChI is InChI=1S/C24H28N4O3S/c1-16-6-9-19(13-17(16)2)25-22(29)15-32-24-27-26-23(18-7-10-20(30-3)11-8-18)28(24)14-21-5-4-12-31-21/h6-11,13,21H,4-5,12,14-15H2,1-3H3,(H,25,29). The molecule has 7 nitrogen and oxygen atoms in total. The Kier molecular flexibility index (Phi) is 7.12. The summed E-state index contributed by atoms with van der Waals surface area (Å²) in [6.07, 6.45) is 2.20. The van der Waals surface area contributed by atoms with Crippen molar-refractivity contribution in [3.63, 3.8) is 0 Å². The second-order valence-corrected chi connectivity index (χ2v) is 8.86. The van der Waals surface area contributed by atoms with Crippen molar-refractivity contribution in [2.24, 2.45) is 0 Å². The van der Waals surface area contributed by atoms with Gasteiger partial charge in [-0.15, -0.1) is 10.2 Å². The molecular formula is C24H28N4O3S. The fourth-order valence-corrected chi connectivity index (χ4v) is 4.40. The van der Waals surface area contributed by atoms with Crippen molar-refractivity contribution < 1.29 is 14.3 Å². The zero-order chi connectivity index (χ0) is 22.5. The van der Waals surface area contributed by atoms with Gasteiger partial charge in [0.05, 0.1) is 25.5 Å². The van der Waals surface area contributed by atoms with Crippen molar-refractivity contribution in [1.29, 1.82) is 0 Å². The Balaban J connectivity index is 1.49. The zero-order valence-electron chi connectivity index (χ0n) is 18.6. The summed E-state index contributed by atoms with van der Waals surface area (Å²) in [5.74, 6) is 1.73. The number of nitrogens with one attached hydrogen (secondary N) is 1. The number of carbonyl (C=O) groups is 1. The van der Waals surface area contributed by atoms with Gasteiger partial charge in [-0.25, -0.2) is 0 Å². The number of amides is 1. The average Bonchev–Trinajstić information content (AvgIpc) is 3.45. The predicted octanol–water partition coefficient (Wildman–Crippen LogP) is 4.48. The van der Waals surface area contributed by atoms with Crippen LogP contribution in [0.15, 0.2) is 47.6 Å². The quantitative estimate of drug-likeness (QED) is 0.508. The first kappa shape index (κ1) is 22.4. The molecule has 0 bridgehead atoms. The number of methoxy groups -OCH3 is 1. The fourth-order valence-electron chi connectivity index (χ4n) is 3.65. The lowest BCUT2D eigenvalue weighted by Gasteiger charge is -2.15. The minimum atomic E-state index is -0.0732. The molecule has 1 aromatic heterocycles. The zero-order valence-corrected chi connectivity index (χ0v) is 19.4. The Hall–Kier alpha value is -2.84. The number of thioether (sulfide) groups is 1. The van der Waals surface area contributed by atoms with Crippen molar-refractivity contribution in [2.45, 2.75) is 44.5 Å². The number of aromatic nitrogens is 3. The summed E-state index contributed by atoms with van der Waals surface area (Å²) in [6.45, 7) is 5.53. The van der Waals surface area contributed by atoms with Crippen LogP contribution in [0, 0.1) is 13.8 Å². The van der Waals surface area contributed by atoms with E-state index in [1.165, 1.54) is 17.3 Å². The Labute approximate surface area is 192 Å². The largest absolute Gasteiger partial charge is 0.497 e. The van der Waals surface area contributed by atoms with Crippen molar-refractivity contribution in [1.82, 2.24) is 14.8 Å². The second-order valence-electron chi connectivity index (χ2n) is 7.92. The summed E-state index contributed by atoms with van der Waals surface area (Å²) in [4.78, 5) is 12.6. The van der Waals surface area contributed by atoms with Gasteiger partial charge >= 0.3 is 0 Å². The van der Waals surface area contributed by atoms with E-state index >= 15 is 0 Å². The average molecular weight is 453 g/mol. The summed E-state index contributed by atoms with van der Waals surface area (Å²) in [6, 6.07) is 13.7. The number of carbonyl (C=O) groups excluding carboxylic acids is 1. The molecule has 4 rings (SSSR count). The number of aryl methyl sites for hydroxylation is 2. The van der Waals surface area contributed by atoms with Gasteiger partial charge in [0, 0.05) is 17.9 Å². The summed E-state index contributed by atoms with van der Waals surface area (Å²) < 4.78 is 13.2. The number of hydrogen-bond acceptors (Lipinski definition) is 6. The van der Waals surface area contributed by atoms with E-state index in [0.29, 0.717) is 11.7 Å².